The number of carbonyl (C=O) groups excluding carboxylic acids is 2. The number of rotatable bonds is 5. The fourth-order valence-corrected chi connectivity index (χ4v) is 5.35. The van der Waals surface area contributed by atoms with Crippen LogP contribution in [0.1, 0.15) is 47.1 Å². The number of esters is 1. The summed E-state index contributed by atoms with van der Waals surface area (Å²) in [5.41, 5.74) is 3.16. The molecule has 10 nitrogen and oxygen atoms in total. The molecule has 2 saturated heterocycles. The Kier molecular flexibility index (Phi) is 13.1. The molecule has 46 heavy (non-hydrogen) atoms. The molecule has 3 heterocycles. The van der Waals surface area contributed by atoms with Gasteiger partial charge in [-0.05, 0) is 57.4 Å². The Hall–Kier alpha value is -4.21. The second kappa shape index (κ2) is 15.9. The molecule has 2 atom stereocenters. The molecule has 1 amide bonds. The molecule has 2 fully saturated rings. The lowest BCUT2D eigenvalue weighted by atomic mass is 9.75. The number of pyridine rings is 1. The Balaban J connectivity index is 0.000000440. The van der Waals surface area contributed by atoms with Crippen molar-refractivity contribution in [3.63, 3.8) is 0 Å². The van der Waals surface area contributed by atoms with E-state index >= 15 is 0 Å². The number of carbonyl (C=O) groups is 4. The smallest absolute Gasteiger partial charge is 0.475 e. The van der Waals surface area contributed by atoms with Gasteiger partial charge in [0.2, 0.25) is 0 Å². The average Bonchev–Trinajstić information content (AvgIpc) is 3.19. The number of likely N-dealkylation sites (tertiary alicyclic amines) is 2. The molecule has 0 bridgehead atoms. The highest BCUT2D eigenvalue weighted by Gasteiger charge is 2.54. The summed E-state index contributed by atoms with van der Waals surface area (Å²) in [7, 11) is 0. The number of nitrogens with zero attached hydrogens (tertiary/aromatic N) is 3. The maximum absolute atomic E-state index is 13.4. The van der Waals surface area contributed by atoms with Gasteiger partial charge in [-0.3, -0.25) is 19.5 Å². The number of fused-ring (bicyclic) bond motifs is 1. The number of aromatic nitrogens is 1. The van der Waals surface area contributed by atoms with Crippen LogP contribution in [-0.4, -0.2) is 94.0 Å². The Bertz CT molecular complexity index is 1360. The van der Waals surface area contributed by atoms with Gasteiger partial charge in [-0.25, -0.2) is 9.59 Å². The van der Waals surface area contributed by atoms with Crippen molar-refractivity contribution in [1.29, 1.82) is 0 Å². The molecule has 1 aromatic heterocycles. The SMILES string of the molecule is CCOC(=O)[C@]12CCCN(C(=O)c3ccccc3C)C[C@H]1CN(Cc1cccc(C)n1)C2.O=C(O)C(F)(F)F.O=C(O)C(F)(F)F. The van der Waals surface area contributed by atoms with Gasteiger partial charge in [0.1, 0.15) is 0 Å². The van der Waals surface area contributed by atoms with Crippen LogP contribution in [-0.2, 0) is 25.7 Å². The zero-order chi connectivity index (χ0) is 34.9. The van der Waals surface area contributed by atoms with E-state index in [4.69, 9.17) is 24.5 Å². The fraction of sp³-hybridized carbons (Fsp3) is 0.500. The van der Waals surface area contributed by atoms with Crippen molar-refractivity contribution in [2.24, 2.45) is 11.3 Å². The van der Waals surface area contributed by atoms with Crippen LogP contribution >= 0.6 is 0 Å². The number of halogens is 6. The summed E-state index contributed by atoms with van der Waals surface area (Å²) in [5.74, 6) is -5.53. The number of hydrogen-bond donors (Lipinski definition) is 2. The third kappa shape index (κ3) is 10.4. The van der Waals surface area contributed by atoms with E-state index in [1.807, 2.05) is 68.1 Å². The largest absolute Gasteiger partial charge is 0.490 e. The minimum atomic E-state index is -5.08. The van der Waals surface area contributed by atoms with E-state index < -0.39 is 29.7 Å². The topological polar surface area (TPSA) is 137 Å². The first kappa shape index (κ1) is 38.0. The lowest BCUT2D eigenvalue weighted by Crippen LogP contribution is -2.43. The molecule has 254 valence electrons. The van der Waals surface area contributed by atoms with Crippen molar-refractivity contribution in [2.75, 3.05) is 32.8 Å². The Morgan fingerprint density at radius 1 is 0.935 bits per heavy atom. The van der Waals surface area contributed by atoms with Crippen LogP contribution in [0.5, 0.6) is 0 Å². The van der Waals surface area contributed by atoms with Crippen molar-refractivity contribution in [3.05, 3.63) is 65.0 Å². The van der Waals surface area contributed by atoms with E-state index in [0.717, 1.165) is 41.9 Å². The third-order valence-corrected chi connectivity index (χ3v) is 7.42. The summed E-state index contributed by atoms with van der Waals surface area (Å²) in [6.45, 7) is 9.55. The van der Waals surface area contributed by atoms with Crippen molar-refractivity contribution >= 4 is 23.8 Å². The van der Waals surface area contributed by atoms with Gasteiger partial charge in [0.25, 0.3) is 5.91 Å². The predicted molar refractivity (Wildman–Crippen MR) is 151 cm³/mol. The highest BCUT2D eigenvalue weighted by Crippen LogP contribution is 2.44. The summed E-state index contributed by atoms with van der Waals surface area (Å²) in [6.07, 6.45) is -8.63. The van der Waals surface area contributed by atoms with E-state index in [0.29, 0.717) is 32.8 Å². The number of aryl methyl sites for hydroxylation is 2. The zero-order valence-corrected chi connectivity index (χ0v) is 25.3. The van der Waals surface area contributed by atoms with Gasteiger partial charge < -0.3 is 19.8 Å². The first-order chi connectivity index (χ1) is 21.3. The first-order valence-corrected chi connectivity index (χ1v) is 14.1. The van der Waals surface area contributed by atoms with Gasteiger partial charge in [0.05, 0.1) is 17.7 Å². The van der Waals surface area contributed by atoms with Gasteiger partial charge in [-0.15, -0.1) is 0 Å². The molecule has 16 heteroatoms. The van der Waals surface area contributed by atoms with Crippen LogP contribution in [0, 0.1) is 25.2 Å². The van der Waals surface area contributed by atoms with E-state index in [9.17, 15) is 35.9 Å². The summed E-state index contributed by atoms with van der Waals surface area (Å²) in [4.78, 5) is 53.3. The standard InChI is InChI=1S/C26H33N3O3.2C2HF3O2/c1-4-32-25(31)26-13-8-14-29(24(30)23-12-6-5-9-19(23)2)16-21(26)15-28(18-26)17-22-11-7-10-20(3)27-22;2*3-2(4,5)1(6)7/h5-7,9-12,21H,4,8,13-18H2,1-3H3;2*(H,6,7)/t21-,26+;;/m1../s1. The predicted octanol–water partition coefficient (Wildman–Crippen LogP) is 4.88. The number of benzene rings is 1. The van der Waals surface area contributed by atoms with Crippen molar-refractivity contribution < 1.29 is 60.5 Å². The summed E-state index contributed by atoms with van der Waals surface area (Å²) in [5, 5.41) is 14.2. The molecule has 0 aliphatic carbocycles. The van der Waals surface area contributed by atoms with Crippen LogP contribution in [0.2, 0.25) is 0 Å². The molecule has 0 radical (unpaired) electrons. The number of carboxylic acid groups (broad SMARTS) is 2. The van der Waals surface area contributed by atoms with Crippen molar-refractivity contribution in [1.82, 2.24) is 14.8 Å². The maximum atomic E-state index is 13.4. The van der Waals surface area contributed by atoms with Gasteiger partial charge >= 0.3 is 30.3 Å². The van der Waals surface area contributed by atoms with Gasteiger partial charge in [-0.1, -0.05) is 24.3 Å². The van der Waals surface area contributed by atoms with Crippen LogP contribution in [0.3, 0.4) is 0 Å². The van der Waals surface area contributed by atoms with Crippen LogP contribution in [0.25, 0.3) is 0 Å². The number of hydrogen-bond acceptors (Lipinski definition) is 7. The monoisotopic (exact) mass is 663 g/mol. The molecule has 2 aromatic rings. The highest BCUT2D eigenvalue weighted by molar-refractivity contribution is 5.95. The molecule has 2 N–H and O–H groups in total. The number of carboxylic acids is 2. The number of alkyl halides is 6. The van der Waals surface area contributed by atoms with E-state index in [2.05, 4.69) is 9.88 Å². The maximum Gasteiger partial charge on any atom is 0.490 e. The second-order valence-electron chi connectivity index (χ2n) is 10.8. The molecule has 4 rings (SSSR count). The quantitative estimate of drug-likeness (QED) is 0.339. The minimum Gasteiger partial charge on any atom is -0.475 e. The van der Waals surface area contributed by atoms with Gasteiger partial charge in [0.15, 0.2) is 0 Å². The van der Waals surface area contributed by atoms with Crippen molar-refractivity contribution in [3.8, 4) is 0 Å². The Labute approximate surface area is 261 Å². The number of ether oxygens (including phenoxy) is 1. The second-order valence-corrected chi connectivity index (χ2v) is 10.8. The third-order valence-electron chi connectivity index (χ3n) is 7.42. The Morgan fingerprint density at radius 2 is 1.52 bits per heavy atom. The average molecular weight is 664 g/mol. The summed E-state index contributed by atoms with van der Waals surface area (Å²) >= 11 is 0. The molecular weight excluding hydrogens is 628 g/mol. The Morgan fingerprint density at radius 3 is 2.04 bits per heavy atom. The van der Waals surface area contributed by atoms with Gasteiger partial charge in [0, 0.05) is 49.9 Å². The lowest BCUT2D eigenvalue weighted by Gasteiger charge is -2.31. The zero-order valence-electron chi connectivity index (χ0n) is 25.3. The molecular formula is C30H35F6N3O7. The van der Waals surface area contributed by atoms with E-state index in [1.165, 1.54) is 0 Å². The van der Waals surface area contributed by atoms with Crippen LogP contribution in [0.4, 0.5) is 26.3 Å². The fourth-order valence-electron chi connectivity index (χ4n) is 5.35. The first-order valence-electron chi connectivity index (χ1n) is 14.1. The van der Waals surface area contributed by atoms with E-state index in [-0.39, 0.29) is 17.8 Å². The molecule has 2 aliphatic heterocycles. The summed E-state index contributed by atoms with van der Waals surface area (Å²) < 4.78 is 69.0. The lowest BCUT2D eigenvalue weighted by molar-refractivity contribution is -0.193. The van der Waals surface area contributed by atoms with Crippen molar-refractivity contribution in [2.45, 2.75) is 52.5 Å². The molecule has 0 spiro atoms. The highest BCUT2D eigenvalue weighted by atomic mass is 19.4. The molecule has 2 aliphatic rings. The molecule has 0 saturated carbocycles. The normalized spacial score (nSPS) is 19.8. The minimum absolute atomic E-state index is 0.0434. The number of aliphatic carboxylic acids is 2. The molecule has 0 unspecified atom stereocenters. The summed E-state index contributed by atoms with van der Waals surface area (Å²) in [6, 6.07) is 13.8. The van der Waals surface area contributed by atoms with Gasteiger partial charge in [-0.2, -0.15) is 26.3 Å². The molecule has 1 aromatic carbocycles. The van der Waals surface area contributed by atoms with Crippen LogP contribution < -0.4 is 0 Å². The van der Waals surface area contributed by atoms with Crippen LogP contribution in [0.15, 0.2) is 42.5 Å². The van der Waals surface area contributed by atoms with E-state index in [1.54, 1.807) is 0 Å². The number of amides is 1.